The first-order valence-electron chi connectivity index (χ1n) is 4.32. The molecular weight excluding hydrogens is 437 g/mol. The van der Waals surface area contributed by atoms with E-state index < -0.39 is 22.1 Å². The first kappa shape index (κ1) is 12.4. The fraction of sp³-hybridized carbons (Fsp3) is 0.333. The molecule has 14 heavy (non-hydrogen) atoms. The molecule has 0 aliphatic carbocycles. The molecule has 1 aromatic rings. The van der Waals surface area contributed by atoms with Gasteiger partial charge in [-0.25, -0.2) is 0 Å². The van der Waals surface area contributed by atoms with Gasteiger partial charge in [-0.2, -0.15) is 0 Å². The van der Waals surface area contributed by atoms with Crippen molar-refractivity contribution in [1.29, 1.82) is 0 Å². The zero-order valence-electron chi connectivity index (χ0n) is 7.94. The van der Waals surface area contributed by atoms with Crippen LogP contribution in [0.25, 0.3) is 0 Å². The summed E-state index contributed by atoms with van der Waals surface area (Å²) in [5.41, 5.74) is 0.993. The van der Waals surface area contributed by atoms with Crippen LogP contribution in [0.5, 0.6) is 5.75 Å². The zero-order valence-corrected chi connectivity index (χ0v) is 15.0. The maximum absolute atomic E-state index is 8.72. The van der Waals surface area contributed by atoms with Crippen LogP contribution in [0, 0.1) is 0 Å². The molecule has 1 aromatic carbocycles. The number of hydrogen-bond acceptors (Lipinski definition) is 3. The molecule has 3 nitrogen and oxygen atoms in total. The molecule has 0 bridgehead atoms. The molecule has 0 aliphatic rings. The normalized spacial score (nSPS) is 11.9. The second-order valence-corrected chi connectivity index (χ2v) is 13.5. The molecule has 1 unspecified atom stereocenters. The number of benzene rings is 1. The monoisotopic (exact) mass is 448 g/mol. The number of ether oxygens (including phenoxy) is 1. The van der Waals surface area contributed by atoms with Gasteiger partial charge in [0.25, 0.3) is 0 Å². The standard InChI is InChI=1S/C9H11O3.BrH.Hg/c1-7(12-10)8-3-5-9(11-2)6-4-8;;/h3-7,10H,1H2,2H3;1H;/q;;+1/p-1. The van der Waals surface area contributed by atoms with Gasteiger partial charge in [0.05, 0.1) is 0 Å². The molecule has 1 atom stereocenters. The fourth-order valence-electron chi connectivity index (χ4n) is 1.20. The average Bonchev–Trinajstić information content (AvgIpc) is 2.26. The van der Waals surface area contributed by atoms with E-state index in [1.54, 1.807) is 7.11 Å². The van der Waals surface area contributed by atoms with E-state index in [4.69, 9.17) is 9.99 Å². The van der Waals surface area contributed by atoms with Gasteiger partial charge >= 0.3 is 102 Å². The molecule has 0 saturated carbocycles. The maximum atomic E-state index is 8.72. The quantitative estimate of drug-likeness (QED) is 0.428. The van der Waals surface area contributed by atoms with E-state index in [0.29, 0.717) is 0 Å². The summed E-state index contributed by atoms with van der Waals surface area (Å²) in [7, 11) is 1.63. The second kappa shape index (κ2) is 6.77. The molecule has 0 saturated heterocycles. The first-order valence-corrected chi connectivity index (χ1v) is 20.1. The fourth-order valence-corrected chi connectivity index (χ4v) is 7.32. The van der Waals surface area contributed by atoms with Crippen molar-refractivity contribution in [2.75, 3.05) is 7.11 Å². The van der Waals surface area contributed by atoms with Crippen LogP contribution in [-0.4, -0.2) is 12.4 Å². The third-order valence-electron chi connectivity index (χ3n) is 1.99. The van der Waals surface area contributed by atoms with E-state index in [0.717, 1.165) is 15.2 Å². The zero-order chi connectivity index (χ0) is 10.4. The Kier molecular flexibility index (Phi) is 6.01. The summed E-state index contributed by atoms with van der Waals surface area (Å²) in [6.45, 7) is 0. The Morgan fingerprint density at radius 1 is 1.43 bits per heavy atom. The molecule has 0 radical (unpaired) electrons. The van der Waals surface area contributed by atoms with E-state index >= 15 is 0 Å². The molecule has 5 heteroatoms. The van der Waals surface area contributed by atoms with Crippen LogP contribution in [-0.2, 0) is 27.0 Å². The van der Waals surface area contributed by atoms with Crippen molar-refractivity contribution in [1.82, 2.24) is 0 Å². The summed E-state index contributed by atoms with van der Waals surface area (Å²) in [4.78, 5) is 4.44. The van der Waals surface area contributed by atoms with Gasteiger partial charge < -0.3 is 0 Å². The Bertz CT molecular complexity index is 265. The van der Waals surface area contributed by atoms with Gasteiger partial charge in [0.15, 0.2) is 0 Å². The van der Waals surface area contributed by atoms with E-state index in [1.165, 1.54) is 0 Å². The molecule has 1 rings (SSSR count). The summed E-state index contributed by atoms with van der Waals surface area (Å²) in [6.07, 6.45) is -0.179. The van der Waals surface area contributed by atoms with Crippen LogP contribution < -0.4 is 4.74 Å². The Labute approximate surface area is 101 Å². The molecular formula is C9H11BrHgO3. The predicted molar refractivity (Wildman–Crippen MR) is 53.2 cm³/mol. The minimum atomic E-state index is -0.960. The number of hydrogen-bond donors (Lipinski definition) is 1. The van der Waals surface area contributed by atoms with Crippen molar-refractivity contribution < 1.29 is 37.0 Å². The summed E-state index contributed by atoms with van der Waals surface area (Å²) in [5.74, 6) is 0.814. The van der Waals surface area contributed by atoms with Crippen LogP contribution in [0.3, 0.4) is 0 Å². The van der Waals surface area contributed by atoms with Crippen LogP contribution in [0.4, 0.5) is 0 Å². The van der Waals surface area contributed by atoms with Gasteiger partial charge in [0, 0.05) is 0 Å². The van der Waals surface area contributed by atoms with Gasteiger partial charge in [-0.05, 0) is 0 Å². The van der Waals surface area contributed by atoms with Crippen LogP contribution in [0.2, 0.25) is 3.93 Å². The van der Waals surface area contributed by atoms with Gasteiger partial charge in [-0.15, -0.1) is 0 Å². The van der Waals surface area contributed by atoms with Crippen LogP contribution >= 0.6 is 11.9 Å². The SMILES string of the molecule is COc1ccc(C([CH2][Hg][Br])OO)cc1. The van der Waals surface area contributed by atoms with E-state index in [1.807, 2.05) is 24.3 Å². The third-order valence-corrected chi connectivity index (χ3v) is 8.89. The van der Waals surface area contributed by atoms with Gasteiger partial charge in [0.1, 0.15) is 0 Å². The van der Waals surface area contributed by atoms with Crippen molar-refractivity contribution in [3.8, 4) is 5.75 Å². The molecule has 0 amide bonds. The molecule has 0 aliphatic heterocycles. The Morgan fingerprint density at radius 2 is 2.07 bits per heavy atom. The molecule has 0 spiro atoms. The van der Waals surface area contributed by atoms with Crippen LogP contribution in [0.1, 0.15) is 11.7 Å². The van der Waals surface area contributed by atoms with Gasteiger partial charge in [-0.1, -0.05) is 0 Å². The topological polar surface area (TPSA) is 38.7 Å². The third kappa shape index (κ3) is 3.49. The Hall–Kier alpha value is 0.355. The molecule has 0 aromatic heterocycles. The van der Waals surface area contributed by atoms with Gasteiger partial charge in [-0.3, -0.25) is 0 Å². The van der Waals surface area contributed by atoms with E-state index in [9.17, 15) is 0 Å². The molecule has 0 fully saturated rings. The van der Waals surface area contributed by atoms with Crippen molar-refractivity contribution in [3.05, 3.63) is 29.8 Å². The summed E-state index contributed by atoms with van der Waals surface area (Å²) in [5, 5.41) is 8.72. The molecule has 0 heterocycles. The van der Waals surface area contributed by atoms with Crippen molar-refractivity contribution >= 4 is 11.9 Å². The second-order valence-electron chi connectivity index (χ2n) is 2.84. The first-order chi connectivity index (χ1) is 6.81. The summed E-state index contributed by atoms with van der Waals surface area (Å²) in [6, 6.07) is 7.56. The predicted octanol–water partition coefficient (Wildman–Crippen LogP) is 3.04. The average molecular weight is 448 g/mol. The van der Waals surface area contributed by atoms with Crippen molar-refractivity contribution in [3.63, 3.8) is 0 Å². The molecule has 1 N–H and O–H groups in total. The summed E-state index contributed by atoms with van der Waals surface area (Å²) < 4.78 is 5.99. The number of rotatable bonds is 5. The summed E-state index contributed by atoms with van der Waals surface area (Å²) >= 11 is 2.56. The molecule has 74 valence electrons. The Balaban J connectivity index is 2.73. The van der Waals surface area contributed by atoms with Crippen LogP contribution in [0.15, 0.2) is 24.3 Å². The minimum absolute atomic E-state index is 0.179. The van der Waals surface area contributed by atoms with Crippen molar-refractivity contribution in [2.24, 2.45) is 0 Å². The Morgan fingerprint density at radius 3 is 2.50 bits per heavy atom. The van der Waals surface area contributed by atoms with E-state index in [-0.39, 0.29) is 6.10 Å². The van der Waals surface area contributed by atoms with E-state index in [2.05, 4.69) is 16.8 Å². The van der Waals surface area contributed by atoms with Crippen molar-refractivity contribution in [2.45, 2.75) is 10.0 Å². The number of halogens is 1. The number of methoxy groups -OCH3 is 1. The van der Waals surface area contributed by atoms with Gasteiger partial charge in [0.2, 0.25) is 0 Å².